The van der Waals surface area contributed by atoms with Crippen LogP contribution in [0.25, 0.3) is 0 Å². The minimum absolute atomic E-state index is 0.0638. The number of benzene rings is 2. The maximum absolute atomic E-state index is 12.1. The van der Waals surface area contributed by atoms with Crippen LogP contribution in [-0.2, 0) is 0 Å². The number of hydrogen-bond acceptors (Lipinski definition) is 3. The average molecular weight is 256 g/mol. The zero-order valence-electron chi connectivity index (χ0n) is 10.3. The molecule has 0 fully saturated rings. The maximum atomic E-state index is 12.1. The van der Waals surface area contributed by atoms with Gasteiger partial charge in [0.1, 0.15) is 5.56 Å². The zero-order chi connectivity index (χ0) is 13.8. The highest BCUT2D eigenvalue weighted by molar-refractivity contribution is 6.07. The van der Waals surface area contributed by atoms with Crippen LogP contribution in [-0.4, -0.2) is 10.8 Å². The van der Waals surface area contributed by atoms with Gasteiger partial charge in [0.05, 0.1) is 4.92 Å². The summed E-state index contributed by atoms with van der Waals surface area (Å²) in [6.07, 6.45) is 0. The number of nitrogens with zero attached hydrogens (tertiary/aromatic N) is 1. The van der Waals surface area contributed by atoms with E-state index < -0.39 is 10.8 Å². The Bertz CT molecular complexity index is 624. The highest BCUT2D eigenvalue weighted by atomic mass is 16.6. The minimum atomic E-state index is -0.556. The molecular weight excluding hydrogens is 244 g/mol. The molecule has 0 saturated carbocycles. The molecule has 5 nitrogen and oxygen atoms in total. The molecule has 0 aromatic heterocycles. The van der Waals surface area contributed by atoms with Crippen molar-refractivity contribution in [1.29, 1.82) is 0 Å². The monoisotopic (exact) mass is 256 g/mol. The van der Waals surface area contributed by atoms with E-state index in [2.05, 4.69) is 5.32 Å². The van der Waals surface area contributed by atoms with E-state index in [1.165, 1.54) is 12.1 Å². The van der Waals surface area contributed by atoms with Gasteiger partial charge < -0.3 is 5.32 Å². The second-order valence-corrected chi connectivity index (χ2v) is 4.10. The predicted molar refractivity (Wildman–Crippen MR) is 72.2 cm³/mol. The Morgan fingerprint density at radius 2 is 1.84 bits per heavy atom. The third kappa shape index (κ3) is 2.95. The van der Waals surface area contributed by atoms with E-state index in [9.17, 15) is 14.9 Å². The van der Waals surface area contributed by atoms with Crippen molar-refractivity contribution in [3.8, 4) is 0 Å². The summed E-state index contributed by atoms with van der Waals surface area (Å²) in [5.74, 6) is -0.485. The van der Waals surface area contributed by atoms with Crippen LogP contribution in [0.1, 0.15) is 15.9 Å². The second kappa shape index (κ2) is 5.30. The lowest BCUT2D eigenvalue weighted by Gasteiger charge is -2.06. The van der Waals surface area contributed by atoms with Crippen LogP contribution in [0.15, 0.2) is 48.5 Å². The number of para-hydroxylation sites is 1. The third-order valence-electron chi connectivity index (χ3n) is 2.63. The Morgan fingerprint density at radius 1 is 1.16 bits per heavy atom. The fourth-order valence-electron chi connectivity index (χ4n) is 1.71. The van der Waals surface area contributed by atoms with Crippen molar-refractivity contribution in [2.75, 3.05) is 5.32 Å². The molecule has 0 atom stereocenters. The van der Waals surface area contributed by atoms with Gasteiger partial charge in [-0.05, 0) is 30.7 Å². The molecule has 5 heteroatoms. The van der Waals surface area contributed by atoms with Gasteiger partial charge in [0, 0.05) is 11.8 Å². The van der Waals surface area contributed by atoms with Crippen LogP contribution in [0.2, 0.25) is 0 Å². The first-order valence-corrected chi connectivity index (χ1v) is 5.69. The van der Waals surface area contributed by atoms with Gasteiger partial charge in [0.2, 0.25) is 0 Å². The first kappa shape index (κ1) is 12.8. The third-order valence-corrected chi connectivity index (χ3v) is 2.63. The number of anilines is 1. The number of carbonyl (C=O) groups is 1. The number of nitro benzene ring substituents is 1. The standard InChI is InChI=1S/C14H12N2O3/c1-10-7-8-13(16(18)19)12(9-10)14(17)15-11-5-3-2-4-6-11/h2-9H,1H3,(H,15,17). The lowest BCUT2D eigenvalue weighted by Crippen LogP contribution is -2.14. The van der Waals surface area contributed by atoms with Crippen molar-refractivity contribution in [3.63, 3.8) is 0 Å². The molecule has 96 valence electrons. The number of nitrogens with one attached hydrogen (secondary N) is 1. The van der Waals surface area contributed by atoms with Gasteiger partial charge in [-0.2, -0.15) is 0 Å². The number of hydrogen-bond donors (Lipinski definition) is 1. The van der Waals surface area contributed by atoms with Crippen molar-refractivity contribution < 1.29 is 9.72 Å². The van der Waals surface area contributed by atoms with Crippen molar-refractivity contribution in [2.45, 2.75) is 6.92 Å². The number of aryl methyl sites for hydroxylation is 1. The van der Waals surface area contributed by atoms with Gasteiger partial charge in [-0.15, -0.1) is 0 Å². The summed E-state index contributed by atoms with van der Waals surface area (Å²) in [6.45, 7) is 1.78. The van der Waals surface area contributed by atoms with Crippen molar-refractivity contribution in [2.24, 2.45) is 0 Å². The lowest BCUT2D eigenvalue weighted by atomic mass is 10.1. The summed E-state index contributed by atoms with van der Waals surface area (Å²) in [5, 5.41) is 13.6. The van der Waals surface area contributed by atoms with Crippen LogP contribution in [0.5, 0.6) is 0 Å². The summed E-state index contributed by atoms with van der Waals surface area (Å²) in [4.78, 5) is 22.4. The Balaban J connectivity index is 2.33. The summed E-state index contributed by atoms with van der Waals surface area (Å²) in [5.41, 5.74) is 1.26. The molecule has 0 unspecified atom stereocenters. The molecule has 2 rings (SSSR count). The zero-order valence-corrected chi connectivity index (χ0v) is 10.3. The van der Waals surface area contributed by atoms with E-state index in [1.54, 1.807) is 37.3 Å². The lowest BCUT2D eigenvalue weighted by molar-refractivity contribution is -0.385. The van der Waals surface area contributed by atoms with Crippen LogP contribution >= 0.6 is 0 Å². The summed E-state index contributed by atoms with van der Waals surface area (Å²) in [6, 6.07) is 13.3. The van der Waals surface area contributed by atoms with Crippen molar-refractivity contribution >= 4 is 17.3 Å². The molecule has 0 heterocycles. The van der Waals surface area contributed by atoms with E-state index in [-0.39, 0.29) is 11.3 Å². The Morgan fingerprint density at radius 3 is 2.47 bits per heavy atom. The highest BCUT2D eigenvalue weighted by Gasteiger charge is 2.19. The largest absolute Gasteiger partial charge is 0.322 e. The van der Waals surface area contributed by atoms with E-state index in [0.717, 1.165) is 5.56 Å². The molecule has 0 spiro atoms. The molecule has 0 radical (unpaired) electrons. The molecule has 2 aromatic carbocycles. The summed E-state index contributed by atoms with van der Waals surface area (Å²) in [7, 11) is 0. The smallest absolute Gasteiger partial charge is 0.282 e. The molecule has 2 aromatic rings. The molecule has 0 aliphatic rings. The molecular formula is C14H12N2O3. The number of amides is 1. The number of nitro groups is 1. The normalized spacial score (nSPS) is 9.95. The van der Waals surface area contributed by atoms with Crippen molar-refractivity contribution in [1.82, 2.24) is 0 Å². The number of carbonyl (C=O) groups excluding carboxylic acids is 1. The predicted octanol–water partition coefficient (Wildman–Crippen LogP) is 3.16. The summed E-state index contributed by atoms with van der Waals surface area (Å²) >= 11 is 0. The van der Waals surface area contributed by atoms with Gasteiger partial charge >= 0.3 is 0 Å². The molecule has 0 aliphatic heterocycles. The van der Waals surface area contributed by atoms with Crippen LogP contribution in [0.4, 0.5) is 11.4 Å². The fraction of sp³-hybridized carbons (Fsp3) is 0.0714. The van der Waals surface area contributed by atoms with Crippen molar-refractivity contribution in [3.05, 3.63) is 69.8 Å². The second-order valence-electron chi connectivity index (χ2n) is 4.10. The van der Waals surface area contributed by atoms with Gasteiger partial charge in [-0.25, -0.2) is 0 Å². The van der Waals surface area contributed by atoms with E-state index >= 15 is 0 Å². The average Bonchev–Trinajstić information content (AvgIpc) is 2.39. The fourth-order valence-corrected chi connectivity index (χ4v) is 1.71. The topological polar surface area (TPSA) is 72.2 Å². The SMILES string of the molecule is Cc1ccc([N+](=O)[O-])c(C(=O)Nc2ccccc2)c1. The van der Waals surface area contributed by atoms with Gasteiger partial charge in [0.15, 0.2) is 0 Å². The molecule has 0 bridgehead atoms. The molecule has 1 N–H and O–H groups in total. The first-order chi connectivity index (χ1) is 9.08. The van der Waals surface area contributed by atoms with Gasteiger partial charge in [0.25, 0.3) is 11.6 Å². The minimum Gasteiger partial charge on any atom is -0.322 e. The van der Waals surface area contributed by atoms with Crippen LogP contribution in [0, 0.1) is 17.0 Å². The maximum Gasteiger partial charge on any atom is 0.282 e. The van der Waals surface area contributed by atoms with E-state index in [1.807, 2.05) is 6.07 Å². The Labute approximate surface area is 110 Å². The van der Waals surface area contributed by atoms with Crippen LogP contribution < -0.4 is 5.32 Å². The molecule has 0 saturated heterocycles. The quantitative estimate of drug-likeness (QED) is 0.677. The highest BCUT2D eigenvalue weighted by Crippen LogP contribution is 2.21. The molecule has 1 amide bonds. The van der Waals surface area contributed by atoms with E-state index in [0.29, 0.717) is 5.69 Å². The van der Waals surface area contributed by atoms with Gasteiger partial charge in [-0.3, -0.25) is 14.9 Å². The van der Waals surface area contributed by atoms with Gasteiger partial charge in [-0.1, -0.05) is 24.3 Å². The number of rotatable bonds is 3. The first-order valence-electron chi connectivity index (χ1n) is 5.69. The summed E-state index contributed by atoms with van der Waals surface area (Å²) < 4.78 is 0. The Hall–Kier alpha value is -2.69. The Kier molecular flexibility index (Phi) is 3.56. The molecule has 19 heavy (non-hydrogen) atoms. The van der Waals surface area contributed by atoms with Crippen LogP contribution in [0.3, 0.4) is 0 Å². The van der Waals surface area contributed by atoms with E-state index in [4.69, 9.17) is 0 Å². The molecule has 0 aliphatic carbocycles.